The molecule has 2 rings (SSSR count). The fraction of sp³-hybridized carbons (Fsp3) is 0.923. The second kappa shape index (κ2) is 5.55. The maximum absolute atomic E-state index is 12.3. The Morgan fingerprint density at radius 3 is 2.89 bits per heavy atom. The van der Waals surface area contributed by atoms with Crippen LogP contribution >= 0.6 is 0 Å². The molecule has 104 valence electrons. The summed E-state index contributed by atoms with van der Waals surface area (Å²) in [7, 11) is 1.69. The van der Waals surface area contributed by atoms with Crippen LogP contribution < -0.4 is 10.6 Å². The number of piperidine rings is 1. The van der Waals surface area contributed by atoms with Crippen molar-refractivity contribution in [3.8, 4) is 0 Å². The number of carbonyl (C=O) groups excluding carboxylic acids is 1. The molecule has 5 nitrogen and oxygen atoms in total. The predicted octanol–water partition coefficient (Wildman–Crippen LogP) is 0.298. The van der Waals surface area contributed by atoms with Crippen molar-refractivity contribution in [2.24, 2.45) is 5.41 Å². The van der Waals surface area contributed by atoms with Gasteiger partial charge >= 0.3 is 0 Å². The van der Waals surface area contributed by atoms with Crippen LogP contribution in [0.1, 0.15) is 26.2 Å². The van der Waals surface area contributed by atoms with Crippen molar-refractivity contribution in [3.05, 3.63) is 0 Å². The molecule has 1 amide bonds. The molecule has 2 fully saturated rings. The fourth-order valence-corrected chi connectivity index (χ4v) is 2.67. The first-order valence-corrected chi connectivity index (χ1v) is 6.72. The third kappa shape index (κ3) is 2.84. The molecule has 18 heavy (non-hydrogen) atoms. The SMILES string of the molecule is COC1(CNC(=O)C2(C)CCCNC2)CCOC1. The quantitative estimate of drug-likeness (QED) is 0.759. The molecule has 2 unspecified atom stereocenters. The van der Waals surface area contributed by atoms with E-state index in [4.69, 9.17) is 9.47 Å². The van der Waals surface area contributed by atoms with Crippen LogP contribution in [0.25, 0.3) is 0 Å². The van der Waals surface area contributed by atoms with E-state index in [0.717, 1.165) is 32.4 Å². The van der Waals surface area contributed by atoms with Gasteiger partial charge in [-0.1, -0.05) is 0 Å². The molecule has 0 bridgehead atoms. The van der Waals surface area contributed by atoms with Crippen molar-refractivity contribution in [2.75, 3.05) is 40.0 Å². The van der Waals surface area contributed by atoms with Gasteiger partial charge in [0.15, 0.2) is 0 Å². The van der Waals surface area contributed by atoms with Gasteiger partial charge in [0.2, 0.25) is 5.91 Å². The van der Waals surface area contributed by atoms with Gasteiger partial charge in [-0.2, -0.15) is 0 Å². The summed E-state index contributed by atoms with van der Waals surface area (Å²) in [5.41, 5.74) is -0.610. The van der Waals surface area contributed by atoms with E-state index in [1.165, 1.54) is 0 Å². The lowest BCUT2D eigenvalue weighted by molar-refractivity contribution is -0.132. The lowest BCUT2D eigenvalue weighted by Crippen LogP contribution is -2.53. The Kier molecular flexibility index (Phi) is 4.25. The molecule has 2 aliphatic heterocycles. The van der Waals surface area contributed by atoms with E-state index in [0.29, 0.717) is 19.8 Å². The second-order valence-electron chi connectivity index (χ2n) is 5.71. The molecule has 0 aliphatic carbocycles. The molecule has 5 heteroatoms. The van der Waals surface area contributed by atoms with Crippen LogP contribution in [0.2, 0.25) is 0 Å². The second-order valence-corrected chi connectivity index (χ2v) is 5.71. The number of ether oxygens (including phenoxy) is 2. The third-order valence-electron chi connectivity index (χ3n) is 4.22. The number of hydrogen-bond acceptors (Lipinski definition) is 4. The molecule has 2 heterocycles. The van der Waals surface area contributed by atoms with Crippen LogP contribution in [0.3, 0.4) is 0 Å². The van der Waals surface area contributed by atoms with Crippen molar-refractivity contribution in [2.45, 2.75) is 31.8 Å². The number of hydrogen-bond donors (Lipinski definition) is 2. The topological polar surface area (TPSA) is 59.6 Å². The Labute approximate surface area is 109 Å². The molecule has 2 saturated heterocycles. The summed E-state index contributed by atoms with van der Waals surface area (Å²) in [6.07, 6.45) is 2.85. The highest BCUT2D eigenvalue weighted by Crippen LogP contribution is 2.27. The zero-order valence-electron chi connectivity index (χ0n) is 11.4. The van der Waals surface area contributed by atoms with Gasteiger partial charge < -0.3 is 20.1 Å². The number of methoxy groups -OCH3 is 1. The minimum absolute atomic E-state index is 0.123. The van der Waals surface area contributed by atoms with Crippen LogP contribution in [-0.2, 0) is 14.3 Å². The van der Waals surface area contributed by atoms with Crippen LogP contribution in [0.4, 0.5) is 0 Å². The van der Waals surface area contributed by atoms with Gasteiger partial charge in [0, 0.05) is 33.2 Å². The molecule has 0 saturated carbocycles. The highest BCUT2D eigenvalue weighted by molar-refractivity contribution is 5.82. The van der Waals surface area contributed by atoms with E-state index >= 15 is 0 Å². The molecule has 0 aromatic heterocycles. The standard InChI is InChI=1S/C13H24N2O3/c1-12(4-3-6-14-8-12)11(16)15-9-13(17-2)5-7-18-10-13/h14H,3-10H2,1-2H3,(H,15,16). The summed E-state index contributed by atoms with van der Waals surface area (Å²) < 4.78 is 10.9. The van der Waals surface area contributed by atoms with Gasteiger partial charge in [-0.3, -0.25) is 4.79 Å². The van der Waals surface area contributed by atoms with Gasteiger partial charge in [0.05, 0.1) is 12.0 Å². The van der Waals surface area contributed by atoms with Gasteiger partial charge in [-0.25, -0.2) is 0 Å². The lowest BCUT2D eigenvalue weighted by atomic mass is 9.81. The first-order valence-electron chi connectivity index (χ1n) is 6.72. The summed E-state index contributed by atoms with van der Waals surface area (Å²) >= 11 is 0. The number of amides is 1. The maximum atomic E-state index is 12.3. The van der Waals surface area contributed by atoms with Crippen LogP contribution in [0.15, 0.2) is 0 Å². The number of carbonyl (C=O) groups is 1. The maximum Gasteiger partial charge on any atom is 0.227 e. The van der Waals surface area contributed by atoms with E-state index in [1.807, 2.05) is 6.92 Å². The minimum Gasteiger partial charge on any atom is -0.378 e. The Balaban J connectivity index is 1.87. The molecule has 0 aromatic carbocycles. The number of rotatable bonds is 4. The molecule has 2 aliphatic rings. The lowest BCUT2D eigenvalue weighted by Gasteiger charge is -2.34. The van der Waals surface area contributed by atoms with Crippen molar-refractivity contribution in [3.63, 3.8) is 0 Å². The zero-order valence-corrected chi connectivity index (χ0v) is 11.4. The van der Waals surface area contributed by atoms with Crippen LogP contribution in [-0.4, -0.2) is 51.5 Å². The van der Waals surface area contributed by atoms with E-state index in [2.05, 4.69) is 10.6 Å². The van der Waals surface area contributed by atoms with E-state index in [1.54, 1.807) is 7.11 Å². The fourth-order valence-electron chi connectivity index (χ4n) is 2.67. The van der Waals surface area contributed by atoms with E-state index in [9.17, 15) is 4.79 Å². The summed E-state index contributed by atoms with van der Waals surface area (Å²) in [6, 6.07) is 0. The van der Waals surface area contributed by atoms with Crippen molar-refractivity contribution in [1.29, 1.82) is 0 Å². The van der Waals surface area contributed by atoms with Gasteiger partial charge in [-0.15, -0.1) is 0 Å². The Morgan fingerprint density at radius 1 is 1.50 bits per heavy atom. The Bertz CT molecular complexity index is 295. The van der Waals surface area contributed by atoms with Crippen molar-refractivity contribution < 1.29 is 14.3 Å². The molecular weight excluding hydrogens is 232 g/mol. The van der Waals surface area contributed by atoms with Gasteiger partial charge in [0.1, 0.15) is 5.60 Å². The third-order valence-corrected chi connectivity index (χ3v) is 4.22. The smallest absolute Gasteiger partial charge is 0.227 e. The highest BCUT2D eigenvalue weighted by Gasteiger charge is 2.39. The van der Waals surface area contributed by atoms with Crippen molar-refractivity contribution >= 4 is 5.91 Å². The monoisotopic (exact) mass is 256 g/mol. The van der Waals surface area contributed by atoms with Gasteiger partial charge in [0.25, 0.3) is 0 Å². The van der Waals surface area contributed by atoms with Crippen molar-refractivity contribution in [1.82, 2.24) is 10.6 Å². The average Bonchev–Trinajstić information content (AvgIpc) is 2.86. The molecule has 0 radical (unpaired) electrons. The normalized spacial score (nSPS) is 36.6. The molecule has 2 N–H and O–H groups in total. The molecule has 2 atom stereocenters. The summed E-state index contributed by atoms with van der Waals surface area (Å²) in [4.78, 5) is 12.3. The summed E-state index contributed by atoms with van der Waals surface area (Å²) in [5.74, 6) is 0.123. The molecule has 0 spiro atoms. The highest BCUT2D eigenvalue weighted by atomic mass is 16.5. The zero-order chi connectivity index (χ0) is 13.1. The Hall–Kier alpha value is -0.650. The van der Waals surface area contributed by atoms with Crippen LogP contribution in [0, 0.1) is 5.41 Å². The largest absolute Gasteiger partial charge is 0.378 e. The van der Waals surface area contributed by atoms with Crippen LogP contribution in [0.5, 0.6) is 0 Å². The number of nitrogens with one attached hydrogen (secondary N) is 2. The van der Waals surface area contributed by atoms with E-state index in [-0.39, 0.29) is 16.9 Å². The Morgan fingerprint density at radius 2 is 2.33 bits per heavy atom. The minimum atomic E-state index is -0.325. The molecular formula is C13H24N2O3. The average molecular weight is 256 g/mol. The molecule has 0 aromatic rings. The summed E-state index contributed by atoms with van der Waals surface area (Å²) in [5, 5.41) is 6.33. The van der Waals surface area contributed by atoms with E-state index < -0.39 is 0 Å². The first-order chi connectivity index (χ1) is 8.60. The van der Waals surface area contributed by atoms with Gasteiger partial charge in [-0.05, 0) is 26.3 Å². The summed E-state index contributed by atoms with van der Waals surface area (Å²) in [6.45, 7) is 5.62. The predicted molar refractivity (Wildman–Crippen MR) is 68.4 cm³/mol. The first kappa shape index (κ1) is 13.8.